The van der Waals surface area contributed by atoms with E-state index < -0.39 is 0 Å². The van der Waals surface area contributed by atoms with Crippen LogP contribution in [0.25, 0.3) is 0 Å². The Morgan fingerprint density at radius 1 is 1.35 bits per heavy atom. The lowest BCUT2D eigenvalue weighted by atomic mass is 9.94. The van der Waals surface area contributed by atoms with Crippen molar-refractivity contribution in [3.63, 3.8) is 0 Å². The molecule has 1 amide bonds. The van der Waals surface area contributed by atoms with Crippen molar-refractivity contribution in [1.82, 2.24) is 4.90 Å². The van der Waals surface area contributed by atoms with Gasteiger partial charge >= 0.3 is 0 Å². The van der Waals surface area contributed by atoms with Gasteiger partial charge in [0.05, 0.1) is 17.3 Å². The van der Waals surface area contributed by atoms with Crippen molar-refractivity contribution in [2.75, 3.05) is 18.9 Å². The van der Waals surface area contributed by atoms with Crippen LogP contribution in [-0.2, 0) is 4.79 Å². The first-order chi connectivity index (χ1) is 9.56. The molecule has 3 nitrogen and oxygen atoms in total. The van der Waals surface area contributed by atoms with Gasteiger partial charge in [0.15, 0.2) is 0 Å². The molecule has 1 saturated carbocycles. The zero-order valence-electron chi connectivity index (χ0n) is 12.3. The lowest BCUT2D eigenvalue weighted by molar-refractivity contribution is -0.117. The number of carbonyl (C=O) groups excluding carboxylic acids is 1. The first kappa shape index (κ1) is 15.3. The Balaban J connectivity index is 1.88. The number of anilines is 1. The average molecular weight is 295 g/mol. The van der Waals surface area contributed by atoms with Crippen LogP contribution in [0.3, 0.4) is 0 Å². The lowest BCUT2D eigenvalue weighted by Gasteiger charge is -2.30. The number of hydrogen-bond acceptors (Lipinski definition) is 2. The van der Waals surface area contributed by atoms with Crippen LogP contribution in [0.15, 0.2) is 18.2 Å². The Bertz CT molecular complexity index is 470. The number of benzene rings is 1. The maximum absolute atomic E-state index is 12.1. The van der Waals surface area contributed by atoms with Gasteiger partial charge in [-0.3, -0.25) is 9.69 Å². The van der Waals surface area contributed by atoms with Crippen LogP contribution < -0.4 is 5.32 Å². The first-order valence-corrected chi connectivity index (χ1v) is 7.70. The number of carbonyl (C=O) groups is 1. The van der Waals surface area contributed by atoms with Gasteiger partial charge in [-0.25, -0.2) is 0 Å². The molecule has 2 rings (SSSR count). The molecule has 1 aliphatic rings. The zero-order valence-corrected chi connectivity index (χ0v) is 13.0. The van der Waals surface area contributed by atoms with Gasteiger partial charge in [-0.1, -0.05) is 36.9 Å². The second-order valence-corrected chi connectivity index (χ2v) is 6.15. The molecule has 0 aromatic heterocycles. The summed E-state index contributed by atoms with van der Waals surface area (Å²) in [6, 6.07) is 6.22. The SMILES string of the molecule is Cc1ccc(NC(=O)CN(C)C2CCCCC2)c(Cl)c1. The van der Waals surface area contributed by atoms with Crippen molar-refractivity contribution in [3.8, 4) is 0 Å². The fourth-order valence-electron chi connectivity index (χ4n) is 2.79. The molecule has 20 heavy (non-hydrogen) atoms. The van der Waals surface area contributed by atoms with E-state index in [1.807, 2.05) is 32.2 Å². The normalized spacial score (nSPS) is 16.4. The van der Waals surface area contributed by atoms with E-state index in [0.717, 1.165) is 5.56 Å². The summed E-state index contributed by atoms with van der Waals surface area (Å²) in [5.74, 6) is 0.00354. The maximum atomic E-state index is 12.1. The molecule has 1 N–H and O–H groups in total. The topological polar surface area (TPSA) is 32.3 Å². The molecule has 0 radical (unpaired) electrons. The Morgan fingerprint density at radius 2 is 2.05 bits per heavy atom. The summed E-state index contributed by atoms with van der Waals surface area (Å²) in [6.07, 6.45) is 6.29. The average Bonchev–Trinajstić information content (AvgIpc) is 2.43. The van der Waals surface area contributed by atoms with Crippen molar-refractivity contribution in [2.45, 2.75) is 45.1 Å². The quantitative estimate of drug-likeness (QED) is 0.915. The minimum Gasteiger partial charge on any atom is -0.324 e. The highest BCUT2D eigenvalue weighted by molar-refractivity contribution is 6.33. The molecule has 0 aliphatic heterocycles. The van der Waals surface area contributed by atoms with E-state index in [4.69, 9.17) is 11.6 Å². The number of nitrogens with one attached hydrogen (secondary N) is 1. The van der Waals surface area contributed by atoms with Crippen LogP contribution in [0.5, 0.6) is 0 Å². The third-order valence-corrected chi connectivity index (χ3v) is 4.30. The molecule has 0 saturated heterocycles. The number of nitrogens with zero attached hydrogens (tertiary/aromatic N) is 1. The molecule has 0 spiro atoms. The van der Waals surface area contributed by atoms with E-state index in [1.165, 1.54) is 32.1 Å². The second-order valence-electron chi connectivity index (χ2n) is 5.74. The molecule has 1 aromatic rings. The standard InChI is InChI=1S/C16H23ClN2O/c1-12-8-9-15(14(17)10-12)18-16(20)11-19(2)13-6-4-3-5-7-13/h8-10,13H,3-7,11H2,1-2H3,(H,18,20). The van der Waals surface area contributed by atoms with Gasteiger partial charge in [0.25, 0.3) is 0 Å². The van der Waals surface area contributed by atoms with Crippen LogP contribution in [-0.4, -0.2) is 30.4 Å². The van der Waals surface area contributed by atoms with Crippen molar-refractivity contribution >= 4 is 23.2 Å². The van der Waals surface area contributed by atoms with E-state index in [-0.39, 0.29) is 5.91 Å². The van der Waals surface area contributed by atoms with E-state index in [2.05, 4.69) is 10.2 Å². The Hall–Kier alpha value is -1.06. The summed E-state index contributed by atoms with van der Waals surface area (Å²) in [4.78, 5) is 14.3. The smallest absolute Gasteiger partial charge is 0.238 e. The Morgan fingerprint density at radius 3 is 2.70 bits per heavy atom. The highest BCUT2D eigenvalue weighted by Crippen LogP contribution is 2.23. The predicted octanol–water partition coefficient (Wildman–Crippen LogP) is 3.85. The summed E-state index contributed by atoms with van der Waals surface area (Å²) >= 11 is 6.13. The van der Waals surface area contributed by atoms with Crippen LogP contribution in [0.1, 0.15) is 37.7 Å². The summed E-state index contributed by atoms with van der Waals surface area (Å²) in [5, 5.41) is 3.49. The van der Waals surface area contributed by atoms with Crippen LogP contribution >= 0.6 is 11.6 Å². The molecule has 0 bridgehead atoms. The summed E-state index contributed by atoms with van der Waals surface area (Å²) in [6.45, 7) is 2.41. The highest BCUT2D eigenvalue weighted by Gasteiger charge is 2.20. The molecule has 4 heteroatoms. The molecule has 1 aliphatic carbocycles. The number of aryl methyl sites for hydroxylation is 1. The maximum Gasteiger partial charge on any atom is 0.238 e. The third kappa shape index (κ3) is 4.22. The predicted molar refractivity (Wildman–Crippen MR) is 84.3 cm³/mol. The van der Waals surface area contributed by atoms with E-state index in [9.17, 15) is 4.79 Å². The minimum absolute atomic E-state index is 0.00354. The largest absolute Gasteiger partial charge is 0.324 e. The molecule has 110 valence electrons. The zero-order chi connectivity index (χ0) is 14.5. The van der Waals surface area contributed by atoms with Crippen molar-refractivity contribution in [1.29, 1.82) is 0 Å². The Kier molecular flexibility index (Phi) is 5.44. The first-order valence-electron chi connectivity index (χ1n) is 7.32. The molecule has 0 atom stereocenters. The van der Waals surface area contributed by atoms with Gasteiger partial charge in [0.2, 0.25) is 5.91 Å². The third-order valence-electron chi connectivity index (χ3n) is 3.99. The van der Waals surface area contributed by atoms with Gasteiger partial charge in [-0.15, -0.1) is 0 Å². The molecule has 1 fully saturated rings. The highest BCUT2D eigenvalue weighted by atomic mass is 35.5. The number of rotatable bonds is 4. The van der Waals surface area contributed by atoms with Crippen LogP contribution in [0.2, 0.25) is 5.02 Å². The van der Waals surface area contributed by atoms with Crippen molar-refractivity contribution in [2.24, 2.45) is 0 Å². The molecular weight excluding hydrogens is 272 g/mol. The molecule has 0 unspecified atom stereocenters. The van der Waals surface area contributed by atoms with Gasteiger partial charge in [-0.05, 0) is 44.5 Å². The molecule has 0 heterocycles. The van der Waals surface area contributed by atoms with Gasteiger partial charge in [0, 0.05) is 6.04 Å². The van der Waals surface area contributed by atoms with Crippen molar-refractivity contribution in [3.05, 3.63) is 28.8 Å². The van der Waals surface area contributed by atoms with Crippen LogP contribution in [0, 0.1) is 6.92 Å². The fraction of sp³-hybridized carbons (Fsp3) is 0.562. The molecular formula is C16H23ClN2O. The minimum atomic E-state index is 0.00354. The number of hydrogen-bond donors (Lipinski definition) is 1. The number of likely N-dealkylation sites (N-methyl/N-ethyl adjacent to an activating group) is 1. The number of amides is 1. The number of halogens is 1. The summed E-state index contributed by atoms with van der Waals surface area (Å²) in [5.41, 5.74) is 1.78. The van der Waals surface area contributed by atoms with Gasteiger partial charge < -0.3 is 5.32 Å². The fourth-order valence-corrected chi connectivity index (χ4v) is 3.07. The van der Waals surface area contributed by atoms with Gasteiger partial charge in [0.1, 0.15) is 0 Å². The van der Waals surface area contributed by atoms with E-state index in [1.54, 1.807) is 0 Å². The van der Waals surface area contributed by atoms with Crippen molar-refractivity contribution < 1.29 is 4.79 Å². The van der Waals surface area contributed by atoms with E-state index in [0.29, 0.717) is 23.3 Å². The summed E-state index contributed by atoms with van der Waals surface area (Å²) in [7, 11) is 2.03. The summed E-state index contributed by atoms with van der Waals surface area (Å²) < 4.78 is 0. The van der Waals surface area contributed by atoms with Gasteiger partial charge in [-0.2, -0.15) is 0 Å². The molecule has 1 aromatic carbocycles. The monoisotopic (exact) mass is 294 g/mol. The van der Waals surface area contributed by atoms with E-state index >= 15 is 0 Å². The Labute approximate surface area is 126 Å². The lowest BCUT2D eigenvalue weighted by Crippen LogP contribution is -2.39. The van der Waals surface area contributed by atoms with Crippen LogP contribution in [0.4, 0.5) is 5.69 Å². The second kappa shape index (κ2) is 7.09.